The largest absolute Gasteiger partial charge is 0.459 e. The minimum Gasteiger partial charge on any atom is -0.459 e. The maximum absolute atomic E-state index is 12.2. The first kappa shape index (κ1) is 20.5. The summed E-state index contributed by atoms with van der Waals surface area (Å²) in [7, 11) is 3.18. The van der Waals surface area contributed by atoms with Crippen molar-refractivity contribution in [2.75, 3.05) is 27.4 Å². The molecule has 0 aliphatic carbocycles. The Balaban J connectivity index is 1.59. The van der Waals surface area contributed by atoms with Crippen molar-refractivity contribution in [2.45, 2.75) is 25.1 Å². The van der Waals surface area contributed by atoms with Crippen molar-refractivity contribution in [1.82, 2.24) is 0 Å². The zero-order chi connectivity index (χ0) is 19.8. The van der Waals surface area contributed by atoms with E-state index in [1.165, 1.54) is 0 Å². The molecular weight excluding hydrogens is 360 g/mol. The molecule has 0 amide bonds. The van der Waals surface area contributed by atoms with Crippen molar-refractivity contribution in [3.05, 3.63) is 71.8 Å². The normalized spacial score (nSPS) is 24.2. The molecule has 2 aromatic rings. The van der Waals surface area contributed by atoms with E-state index < -0.39 is 6.29 Å². The SMILES string of the molecule is COC1OC(COC(=O)c2ccccc2)C(COCc2ccccc2)C1OC. The fraction of sp³-hybridized carbons (Fsp3) is 0.409. The van der Waals surface area contributed by atoms with Gasteiger partial charge in [-0.25, -0.2) is 4.79 Å². The van der Waals surface area contributed by atoms with Gasteiger partial charge in [-0.1, -0.05) is 48.5 Å². The average molecular weight is 386 g/mol. The number of carbonyl (C=O) groups excluding carboxylic acids is 1. The molecule has 6 heteroatoms. The summed E-state index contributed by atoms with van der Waals surface area (Å²) in [5, 5.41) is 0. The van der Waals surface area contributed by atoms with Crippen LogP contribution in [-0.4, -0.2) is 51.9 Å². The molecule has 1 fully saturated rings. The molecule has 0 aromatic heterocycles. The Morgan fingerprint density at radius 2 is 1.61 bits per heavy atom. The molecular formula is C22H26O6. The van der Waals surface area contributed by atoms with Crippen molar-refractivity contribution in [1.29, 1.82) is 0 Å². The van der Waals surface area contributed by atoms with Crippen molar-refractivity contribution in [3.8, 4) is 0 Å². The third kappa shape index (κ3) is 5.17. The lowest BCUT2D eigenvalue weighted by Gasteiger charge is -2.22. The molecule has 1 saturated heterocycles. The number of hydrogen-bond acceptors (Lipinski definition) is 6. The number of carbonyl (C=O) groups is 1. The maximum Gasteiger partial charge on any atom is 0.338 e. The minimum atomic E-state index is -0.532. The Hall–Kier alpha value is -2.25. The van der Waals surface area contributed by atoms with Gasteiger partial charge >= 0.3 is 5.97 Å². The van der Waals surface area contributed by atoms with Crippen LogP contribution in [0, 0.1) is 5.92 Å². The predicted octanol–water partition coefficient (Wildman–Crippen LogP) is 3.06. The number of esters is 1. The van der Waals surface area contributed by atoms with E-state index in [1.807, 2.05) is 36.4 Å². The first-order valence-electron chi connectivity index (χ1n) is 9.27. The summed E-state index contributed by atoms with van der Waals surface area (Å²) in [6.45, 7) is 0.996. The van der Waals surface area contributed by atoms with Gasteiger partial charge in [0.15, 0.2) is 6.29 Å². The lowest BCUT2D eigenvalue weighted by molar-refractivity contribution is -0.159. The fourth-order valence-corrected chi connectivity index (χ4v) is 3.31. The molecule has 0 radical (unpaired) electrons. The summed E-state index contributed by atoms with van der Waals surface area (Å²) < 4.78 is 28.2. The number of hydrogen-bond donors (Lipinski definition) is 0. The van der Waals surface area contributed by atoms with Gasteiger partial charge < -0.3 is 23.7 Å². The standard InChI is InChI=1S/C22H26O6/c1-24-20-18(14-26-13-16-9-5-3-6-10-16)19(28-22(20)25-2)15-27-21(23)17-11-7-4-8-12-17/h3-12,18-20,22H,13-15H2,1-2H3. The number of rotatable bonds is 9. The van der Waals surface area contributed by atoms with Crippen LogP contribution in [0.4, 0.5) is 0 Å². The van der Waals surface area contributed by atoms with Gasteiger partial charge in [0, 0.05) is 20.1 Å². The maximum atomic E-state index is 12.2. The third-order valence-corrected chi connectivity index (χ3v) is 4.79. The zero-order valence-corrected chi connectivity index (χ0v) is 16.2. The van der Waals surface area contributed by atoms with E-state index in [1.54, 1.807) is 38.5 Å². The highest BCUT2D eigenvalue weighted by atomic mass is 16.7. The van der Waals surface area contributed by atoms with Crippen LogP contribution in [-0.2, 0) is 30.3 Å². The van der Waals surface area contributed by atoms with Crippen LogP contribution in [0.2, 0.25) is 0 Å². The van der Waals surface area contributed by atoms with Gasteiger partial charge in [-0.05, 0) is 17.7 Å². The summed E-state index contributed by atoms with van der Waals surface area (Å²) in [5.41, 5.74) is 1.59. The van der Waals surface area contributed by atoms with Crippen LogP contribution in [0.15, 0.2) is 60.7 Å². The van der Waals surface area contributed by atoms with Gasteiger partial charge in [-0.15, -0.1) is 0 Å². The first-order valence-corrected chi connectivity index (χ1v) is 9.27. The van der Waals surface area contributed by atoms with Crippen molar-refractivity contribution >= 4 is 5.97 Å². The van der Waals surface area contributed by atoms with Gasteiger partial charge in [-0.2, -0.15) is 0 Å². The molecule has 1 heterocycles. The van der Waals surface area contributed by atoms with Crippen LogP contribution >= 0.6 is 0 Å². The van der Waals surface area contributed by atoms with Crippen LogP contribution in [0.3, 0.4) is 0 Å². The quantitative estimate of drug-likeness (QED) is 0.617. The highest BCUT2D eigenvalue weighted by Crippen LogP contribution is 2.31. The van der Waals surface area contributed by atoms with E-state index >= 15 is 0 Å². The second kappa shape index (κ2) is 10.3. The lowest BCUT2D eigenvalue weighted by atomic mass is 9.99. The van der Waals surface area contributed by atoms with E-state index in [9.17, 15) is 4.79 Å². The van der Waals surface area contributed by atoms with Gasteiger partial charge in [-0.3, -0.25) is 0 Å². The molecule has 3 rings (SSSR count). The smallest absolute Gasteiger partial charge is 0.338 e. The Kier molecular flexibility index (Phi) is 7.56. The molecule has 0 bridgehead atoms. The fourth-order valence-electron chi connectivity index (χ4n) is 3.31. The van der Waals surface area contributed by atoms with Gasteiger partial charge in [0.25, 0.3) is 0 Å². The minimum absolute atomic E-state index is 0.104. The van der Waals surface area contributed by atoms with E-state index in [-0.39, 0.29) is 30.7 Å². The summed E-state index contributed by atoms with van der Waals surface area (Å²) in [6.07, 6.45) is -1.21. The van der Waals surface area contributed by atoms with E-state index in [4.69, 9.17) is 23.7 Å². The first-order chi connectivity index (χ1) is 13.7. The molecule has 28 heavy (non-hydrogen) atoms. The molecule has 150 valence electrons. The van der Waals surface area contributed by atoms with E-state index in [2.05, 4.69) is 0 Å². The van der Waals surface area contributed by atoms with Crippen LogP contribution in [0.25, 0.3) is 0 Å². The molecule has 1 aliphatic heterocycles. The molecule has 0 saturated carbocycles. The van der Waals surface area contributed by atoms with E-state index in [0.29, 0.717) is 18.8 Å². The Morgan fingerprint density at radius 3 is 2.25 bits per heavy atom. The summed E-state index contributed by atoms with van der Waals surface area (Å²) in [6, 6.07) is 18.8. The number of methoxy groups -OCH3 is 2. The van der Waals surface area contributed by atoms with Crippen molar-refractivity contribution in [3.63, 3.8) is 0 Å². The van der Waals surface area contributed by atoms with Gasteiger partial charge in [0.2, 0.25) is 0 Å². The number of benzene rings is 2. The van der Waals surface area contributed by atoms with Crippen molar-refractivity contribution in [2.24, 2.45) is 5.92 Å². The Bertz CT molecular complexity index is 720. The Labute approximate surface area is 165 Å². The molecule has 1 aliphatic rings. The van der Waals surface area contributed by atoms with Crippen molar-refractivity contribution < 1.29 is 28.5 Å². The molecule has 6 nitrogen and oxygen atoms in total. The average Bonchev–Trinajstić information content (AvgIpc) is 3.10. The molecule has 4 unspecified atom stereocenters. The second-order valence-corrected chi connectivity index (χ2v) is 6.61. The highest BCUT2D eigenvalue weighted by molar-refractivity contribution is 5.89. The molecule has 4 atom stereocenters. The highest BCUT2D eigenvalue weighted by Gasteiger charge is 2.45. The van der Waals surface area contributed by atoms with Gasteiger partial charge in [0.05, 0.1) is 18.8 Å². The van der Waals surface area contributed by atoms with E-state index in [0.717, 1.165) is 5.56 Å². The van der Waals surface area contributed by atoms with Gasteiger partial charge in [0.1, 0.15) is 18.8 Å². The number of ether oxygens (including phenoxy) is 5. The summed E-state index contributed by atoms with van der Waals surface area (Å²) >= 11 is 0. The molecule has 0 spiro atoms. The molecule has 0 N–H and O–H groups in total. The Morgan fingerprint density at radius 1 is 0.929 bits per heavy atom. The van der Waals surface area contributed by atoms with Crippen LogP contribution < -0.4 is 0 Å². The summed E-state index contributed by atoms with van der Waals surface area (Å²) in [4.78, 5) is 12.2. The second-order valence-electron chi connectivity index (χ2n) is 6.61. The lowest BCUT2D eigenvalue weighted by Crippen LogP contribution is -2.35. The third-order valence-electron chi connectivity index (χ3n) is 4.79. The zero-order valence-electron chi connectivity index (χ0n) is 16.2. The monoisotopic (exact) mass is 386 g/mol. The topological polar surface area (TPSA) is 63.2 Å². The molecule has 2 aromatic carbocycles. The predicted molar refractivity (Wildman–Crippen MR) is 103 cm³/mol. The summed E-state index contributed by atoms with van der Waals surface area (Å²) in [5.74, 6) is -0.509. The van der Waals surface area contributed by atoms with Crippen LogP contribution in [0.5, 0.6) is 0 Å². The van der Waals surface area contributed by atoms with Crippen LogP contribution in [0.1, 0.15) is 15.9 Å².